The van der Waals surface area contributed by atoms with Crippen molar-refractivity contribution in [2.45, 2.75) is 13.0 Å². The Morgan fingerprint density at radius 3 is 2.42 bits per heavy atom. The van der Waals surface area contributed by atoms with Gasteiger partial charge in [-0.05, 0) is 49.8 Å². The monoisotopic (exact) mass is 414 g/mol. The minimum absolute atomic E-state index is 0. The molecule has 1 heterocycles. The summed E-state index contributed by atoms with van der Waals surface area (Å²) in [7, 11) is 0. The van der Waals surface area contributed by atoms with Crippen molar-refractivity contribution in [3.63, 3.8) is 0 Å². The molecule has 1 aromatic carbocycles. The quantitative estimate of drug-likeness (QED) is 0.538. The van der Waals surface area contributed by atoms with Gasteiger partial charge in [-0.1, -0.05) is 23.2 Å². The number of rotatable bonds is 9. The second-order valence-electron chi connectivity index (χ2n) is 4.89. The first-order chi connectivity index (χ1) is 10.7. The van der Waals surface area contributed by atoms with E-state index in [2.05, 4.69) is 10.6 Å². The Labute approximate surface area is 164 Å². The van der Waals surface area contributed by atoms with Crippen LogP contribution < -0.4 is 10.6 Å². The highest BCUT2D eigenvalue weighted by atomic mass is 35.5. The summed E-state index contributed by atoms with van der Waals surface area (Å²) < 4.78 is 5.80. The molecule has 2 rings (SSSR count). The topological polar surface area (TPSA) is 57.4 Å². The number of hydrogen-bond acceptors (Lipinski definition) is 4. The molecule has 0 aliphatic carbocycles. The summed E-state index contributed by atoms with van der Waals surface area (Å²) in [5.74, 6) is 1.60. The van der Waals surface area contributed by atoms with Crippen molar-refractivity contribution in [1.29, 1.82) is 0 Å². The summed E-state index contributed by atoms with van der Waals surface area (Å²) in [5, 5.41) is 16.3. The number of furan rings is 1. The summed E-state index contributed by atoms with van der Waals surface area (Å²) in [6, 6.07) is 9.21. The summed E-state index contributed by atoms with van der Waals surface area (Å²) in [5.41, 5.74) is 0.838. The Morgan fingerprint density at radius 2 is 1.71 bits per heavy atom. The molecule has 1 aromatic heterocycles. The van der Waals surface area contributed by atoms with Gasteiger partial charge in [-0.2, -0.15) is 0 Å². The van der Waals surface area contributed by atoms with Gasteiger partial charge < -0.3 is 20.2 Å². The van der Waals surface area contributed by atoms with Crippen LogP contribution in [-0.4, -0.2) is 31.3 Å². The van der Waals surface area contributed by atoms with Gasteiger partial charge in [0.05, 0.1) is 18.2 Å². The Bertz CT molecular complexity index is 593. The highest BCUT2D eigenvalue weighted by molar-refractivity contribution is 6.36. The molecule has 0 bridgehead atoms. The average Bonchev–Trinajstić information content (AvgIpc) is 2.95. The van der Waals surface area contributed by atoms with Crippen LogP contribution in [-0.2, 0) is 6.54 Å². The van der Waals surface area contributed by atoms with Crippen LogP contribution >= 0.6 is 48.0 Å². The van der Waals surface area contributed by atoms with Crippen molar-refractivity contribution >= 4 is 48.0 Å². The fourth-order valence-corrected chi connectivity index (χ4v) is 2.56. The fourth-order valence-electron chi connectivity index (χ4n) is 2.06. The second-order valence-corrected chi connectivity index (χ2v) is 5.74. The SMILES string of the molecule is Cl.Cl.OCCNCCCNCc1ccc(-c2ccc(Cl)cc2Cl)o1. The lowest BCUT2D eigenvalue weighted by molar-refractivity contribution is 0.292. The maximum absolute atomic E-state index is 8.64. The lowest BCUT2D eigenvalue weighted by Gasteiger charge is -2.04. The number of halogens is 4. The molecule has 0 radical (unpaired) electrons. The molecule has 0 aliphatic rings. The molecular weight excluding hydrogens is 394 g/mol. The van der Waals surface area contributed by atoms with Crippen molar-refractivity contribution in [2.24, 2.45) is 0 Å². The van der Waals surface area contributed by atoms with E-state index in [9.17, 15) is 0 Å². The first-order valence-corrected chi connectivity index (χ1v) is 8.02. The highest BCUT2D eigenvalue weighted by Crippen LogP contribution is 2.31. The van der Waals surface area contributed by atoms with E-state index >= 15 is 0 Å². The van der Waals surface area contributed by atoms with Crippen LogP contribution in [0.4, 0.5) is 0 Å². The smallest absolute Gasteiger partial charge is 0.135 e. The summed E-state index contributed by atoms with van der Waals surface area (Å²) >= 11 is 12.1. The van der Waals surface area contributed by atoms with E-state index in [4.69, 9.17) is 32.7 Å². The molecule has 24 heavy (non-hydrogen) atoms. The normalized spacial score (nSPS) is 10.1. The van der Waals surface area contributed by atoms with Gasteiger partial charge in [-0.3, -0.25) is 0 Å². The Morgan fingerprint density at radius 1 is 0.958 bits per heavy atom. The van der Waals surface area contributed by atoms with E-state index in [1.54, 1.807) is 12.1 Å². The maximum atomic E-state index is 8.64. The zero-order chi connectivity index (χ0) is 15.8. The van der Waals surface area contributed by atoms with Crippen LogP contribution in [0.15, 0.2) is 34.7 Å². The van der Waals surface area contributed by atoms with Crippen LogP contribution in [0.2, 0.25) is 10.0 Å². The molecule has 136 valence electrons. The fraction of sp³-hybridized carbons (Fsp3) is 0.375. The third-order valence-corrected chi connectivity index (χ3v) is 3.70. The van der Waals surface area contributed by atoms with Gasteiger partial charge in [0.25, 0.3) is 0 Å². The Hall–Kier alpha value is -0.460. The largest absolute Gasteiger partial charge is 0.460 e. The lowest BCUT2D eigenvalue weighted by atomic mass is 10.2. The Balaban J connectivity index is 0.00000264. The molecule has 0 saturated heterocycles. The van der Waals surface area contributed by atoms with Crippen molar-refractivity contribution < 1.29 is 9.52 Å². The molecule has 4 nitrogen and oxygen atoms in total. The lowest BCUT2D eigenvalue weighted by Crippen LogP contribution is -2.23. The average molecular weight is 416 g/mol. The van der Waals surface area contributed by atoms with E-state index < -0.39 is 0 Å². The molecule has 0 aliphatic heterocycles. The van der Waals surface area contributed by atoms with Crippen molar-refractivity contribution in [2.75, 3.05) is 26.2 Å². The summed E-state index contributed by atoms with van der Waals surface area (Å²) in [4.78, 5) is 0. The third-order valence-electron chi connectivity index (χ3n) is 3.15. The minimum atomic E-state index is 0. The van der Waals surface area contributed by atoms with Gasteiger partial charge in [0.2, 0.25) is 0 Å². The number of hydrogen-bond donors (Lipinski definition) is 3. The van der Waals surface area contributed by atoms with Crippen LogP contribution in [0, 0.1) is 0 Å². The van der Waals surface area contributed by atoms with Gasteiger partial charge in [0.1, 0.15) is 11.5 Å². The number of aliphatic hydroxyl groups is 1. The van der Waals surface area contributed by atoms with E-state index in [1.165, 1.54) is 0 Å². The second kappa shape index (κ2) is 12.8. The summed E-state index contributed by atoms with van der Waals surface area (Å²) in [6.45, 7) is 3.26. The van der Waals surface area contributed by atoms with E-state index in [-0.39, 0.29) is 31.4 Å². The number of nitrogens with one attached hydrogen (secondary N) is 2. The van der Waals surface area contributed by atoms with Gasteiger partial charge in [0.15, 0.2) is 0 Å². The van der Waals surface area contributed by atoms with Gasteiger partial charge in [-0.15, -0.1) is 24.8 Å². The molecule has 2 aromatic rings. The van der Waals surface area contributed by atoms with Crippen molar-refractivity contribution in [3.8, 4) is 11.3 Å². The van der Waals surface area contributed by atoms with Crippen LogP contribution in [0.1, 0.15) is 12.2 Å². The molecule has 0 saturated carbocycles. The Kier molecular flexibility index (Phi) is 12.6. The highest BCUT2D eigenvalue weighted by Gasteiger charge is 2.09. The third kappa shape index (κ3) is 7.62. The number of benzene rings is 1. The molecule has 0 atom stereocenters. The van der Waals surface area contributed by atoms with E-state index in [1.807, 2.05) is 18.2 Å². The first kappa shape index (κ1) is 23.5. The van der Waals surface area contributed by atoms with Gasteiger partial charge >= 0.3 is 0 Å². The predicted octanol–water partition coefficient (Wildman–Crippen LogP) is 4.16. The number of aliphatic hydroxyl groups excluding tert-OH is 1. The minimum Gasteiger partial charge on any atom is -0.460 e. The zero-order valence-electron chi connectivity index (χ0n) is 13.1. The summed E-state index contributed by atoms with van der Waals surface area (Å²) in [6.07, 6.45) is 0.997. The van der Waals surface area contributed by atoms with Gasteiger partial charge in [-0.25, -0.2) is 0 Å². The van der Waals surface area contributed by atoms with Crippen molar-refractivity contribution in [3.05, 3.63) is 46.1 Å². The van der Waals surface area contributed by atoms with Crippen molar-refractivity contribution in [1.82, 2.24) is 10.6 Å². The van der Waals surface area contributed by atoms with E-state index in [0.717, 1.165) is 36.6 Å². The predicted molar refractivity (Wildman–Crippen MR) is 105 cm³/mol. The molecular formula is C16H22Cl4N2O2. The molecule has 0 spiro atoms. The van der Waals surface area contributed by atoms with E-state index in [0.29, 0.717) is 23.1 Å². The molecule has 0 unspecified atom stereocenters. The van der Waals surface area contributed by atoms with Crippen LogP contribution in [0.5, 0.6) is 0 Å². The molecule has 0 fully saturated rings. The molecule has 8 heteroatoms. The maximum Gasteiger partial charge on any atom is 0.135 e. The molecule has 0 amide bonds. The first-order valence-electron chi connectivity index (χ1n) is 7.27. The van der Waals surface area contributed by atoms with Crippen LogP contribution in [0.3, 0.4) is 0 Å². The molecule has 3 N–H and O–H groups in total. The zero-order valence-corrected chi connectivity index (χ0v) is 16.2. The standard InChI is InChI=1S/C16H20Cl2N2O2.2ClH/c17-12-2-4-14(15(18)10-12)16-5-3-13(22-16)11-20-7-1-6-19-8-9-21;;/h2-5,10,19-21H,1,6-9,11H2;2*1H. The van der Waals surface area contributed by atoms with Gasteiger partial charge in [0, 0.05) is 17.1 Å². The van der Waals surface area contributed by atoms with Crippen LogP contribution in [0.25, 0.3) is 11.3 Å².